The Morgan fingerprint density at radius 2 is 2.28 bits per heavy atom. The number of nitrogens with zero attached hydrogens (tertiary/aromatic N) is 4. The van der Waals surface area contributed by atoms with Crippen molar-refractivity contribution in [1.29, 1.82) is 0 Å². The Bertz CT molecular complexity index is 529. The van der Waals surface area contributed by atoms with Gasteiger partial charge in [-0.1, -0.05) is 6.92 Å². The molecule has 96 valence electrons. The molecule has 1 aliphatic rings. The minimum atomic E-state index is 0.0925. The number of aryl methyl sites for hydroxylation is 1. The Kier molecular flexibility index (Phi) is 2.99. The minimum Gasteiger partial charge on any atom is -0.350 e. The number of anilines is 1. The Hall–Kier alpha value is -1.50. The Labute approximate surface area is 109 Å². The molecule has 1 unspecified atom stereocenters. The fraction of sp³-hybridized carbons (Fsp3) is 0.636. The zero-order valence-electron chi connectivity index (χ0n) is 10.5. The molecule has 0 aromatic carbocycles. The van der Waals surface area contributed by atoms with Crippen molar-refractivity contribution >= 4 is 16.7 Å². The van der Waals surface area contributed by atoms with Gasteiger partial charge >= 0.3 is 0 Å². The van der Waals surface area contributed by atoms with Gasteiger partial charge in [-0.2, -0.15) is 9.47 Å². The van der Waals surface area contributed by atoms with E-state index < -0.39 is 0 Å². The third-order valence-electron chi connectivity index (χ3n) is 3.02. The van der Waals surface area contributed by atoms with Gasteiger partial charge in [-0.05, 0) is 26.2 Å². The predicted octanol–water partition coefficient (Wildman–Crippen LogP) is 2.41. The molecule has 3 rings (SSSR count). The van der Waals surface area contributed by atoms with Gasteiger partial charge in [0.25, 0.3) is 0 Å². The van der Waals surface area contributed by atoms with E-state index in [1.165, 1.54) is 24.4 Å². The number of aromatic nitrogens is 5. The largest absolute Gasteiger partial charge is 0.350 e. The standard InChI is InChI=1S/C11H16N6S/c1-3-8(10-12-6(2)15-16-10)13-11-14-9(17-18-11)7-4-5-7/h7-8H,3-5H2,1-2H3,(H,12,15,16)(H,13,14,17). The van der Waals surface area contributed by atoms with Gasteiger partial charge in [-0.3, -0.25) is 5.10 Å². The smallest absolute Gasteiger partial charge is 0.203 e. The molecule has 2 aromatic heterocycles. The summed E-state index contributed by atoms with van der Waals surface area (Å²) in [5, 5.41) is 11.3. The molecule has 2 N–H and O–H groups in total. The lowest BCUT2D eigenvalue weighted by molar-refractivity contribution is 0.695. The Balaban J connectivity index is 1.72. The highest BCUT2D eigenvalue weighted by molar-refractivity contribution is 7.09. The molecule has 2 heterocycles. The summed E-state index contributed by atoms with van der Waals surface area (Å²) < 4.78 is 4.38. The SMILES string of the molecule is CCC(Nc1nc(C2CC2)ns1)c1n[nH]c(C)n1. The lowest BCUT2D eigenvalue weighted by Crippen LogP contribution is -2.11. The lowest BCUT2D eigenvalue weighted by Gasteiger charge is -2.11. The molecule has 1 aliphatic carbocycles. The van der Waals surface area contributed by atoms with Gasteiger partial charge in [0.2, 0.25) is 5.13 Å². The van der Waals surface area contributed by atoms with Crippen molar-refractivity contribution in [1.82, 2.24) is 24.5 Å². The molecule has 0 spiro atoms. The molecular formula is C11H16N6S. The molecule has 18 heavy (non-hydrogen) atoms. The van der Waals surface area contributed by atoms with E-state index in [1.54, 1.807) is 0 Å². The number of hydrogen-bond donors (Lipinski definition) is 2. The highest BCUT2D eigenvalue weighted by atomic mass is 32.1. The number of aromatic amines is 1. The van der Waals surface area contributed by atoms with E-state index in [9.17, 15) is 0 Å². The average molecular weight is 264 g/mol. The van der Waals surface area contributed by atoms with E-state index in [2.05, 4.69) is 36.8 Å². The van der Waals surface area contributed by atoms with E-state index in [-0.39, 0.29) is 6.04 Å². The summed E-state index contributed by atoms with van der Waals surface area (Å²) in [6.07, 6.45) is 3.37. The van der Waals surface area contributed by atoms with E-state index in [0.717, 1.165) is 29.0 Å². The molecule has 1 fully saturated rings. The van der Waals surface area contributed by atoms with Gasteiger partial charge in [-0.15, -0.1) is 0 Å². The summed E-state index contributed by atoms with van der Waals surface area (Å²) in [7, 11) is 0. The normalized spacial score (nSPS) is 16.8. The van der Waals surface area contributed by atoms with Gasteiger partial charge in [0.15, 0.2) is 5.82 Å². The van der Waals surface area contributed by atoms with Crippen LogP contribution in [0.1, 0.15) is 55.6 Å². The van der Waals surface area contributed by atoms with Crippen LogP contribution in [-0.2, 0) is 0 Å². The molecule has 0 bridgehead atoms. The predicted molar refractivity (Wildman–Crippen MR) is 69.7 cm³/mol. The van der Waals surface area contributed by atoms with Crippen LogP contribution in [0.15, 0.2) is 0 Å². The summed E-state index contributed by atoms with van der Waals surface area (Å²) in [6.45, 7) is 4.01. The third kappa shape index (κ3) is 2.35. The van der Waals surface area contributed by atoms with Crippen molar-refractivity contribution in [3.63, 3.8) is 0 Å². The van der Waals surface area contributed by atoms with Crippen LogP contribution in [-0.4, -0.2) is 24.5 Å². The molecule has 0 aliphatic heterocycles. The molecule has 0 amide bonds. The molecule has 1 saturated carbocycles. The van der Waals surface area contributed by atoms with Gasteiger partial charge in [0.05, 0.1) is 6.04 Å². The first kappa shape index (κ1) is 11.6. The van der Waals surface area contributed by atoms with Crippen LogP contribution in [0, 0.1) is 6.92 Å². The van der Waals surface area contributed by atoms with Crippen molar-refractivity contribution in [2.45, 2.75) is 45.1 Å². The summed E-state index contributed by atoms with van der Waals surface area (Å²) >= 11 is 1.43. The summed E-state index contributed by atoms with van der Waals surface area (Å²) in [5.74, 6) is 3.21. The second-order valence-corrected chi connectivity index (χ2v) is 5.37. The summed E-state index contributed by atoms with van der Waals surface area (Å²) in [4.78, 5) is 8.88. The summed E-state index contributed by atoms with van der Waals surface area (Å²) in [5.41, 5.74) is 0. The number of nitrogens with one attached hydrogen (secondary N) is 2. The first-order chi connectivity index (χ1) is 8.76. The molecule has 6 nitrogen and oxygen atoms in total. The van der Waals surface area contributed by atoms with Gasteiger partial charge < -0.3 is 5.32 Å². The van der Waals surface area contributed by atoms with Gasteiger partial charge in [-0.25, -0.2) is 9.97 Å². The maximum absolute atomic E-state index is 4.52. The van der Waals surface area contributed by atoms with Crippen LogP contribution >= 0.6 is 11.5 Å². The topological polar surface area (TPSA) is 79.4 Å². The van der Waals surface area contributed by atoms with Crippen molar-refractivity contribution in [3.8, 4) is 0 Å². The van der Waals surface area contributed by atoms with Crippen LogP contribution in [0.25, 0.3) is 0 Å². The van der Waals surface area contributed by atoms with Crippen molar-refractivity contribution in [2.24, 2.45) is 0 Å². The fourth-order valence-corrected chi connectivity index (χ4v) is 2.51. The van der Waals surface area contributed by atoms with E-state index in [1.807, 2.05) is 6.92 Å². The van der Waals surface area contributed by atoms with E-state index >= 15 is 0 Å². The molecule has 0 radical (unpaired) electrons. The van der Waals surface area contributed by atoms with Crippen molar-refractivity contribution < 1.29 is 0 Å². The second-order valence-electron chi connectivity index (χ2n) is 4.62. The fourth-order valence-electron chi connectivity index (χ4n) is 1.81. The van der Waals surface area contributed by atoms with Gasteiger partial charge in [0.1, 0.15) is 11.6 Å². The quantitative estimate of drug-likeness (QED) is 0.867. The highest BCUT2D eigenvalue weighted by Gasteiger charge is 2.28. The van der Waals surface area contributed by atoms with Crippen LogP contribution < -0.4 is 5.32 Å². The lowest BCUT2D eigenvalue weighted by atomic mass is 10.2. The first-order valence-electron chi connectivity index (χ1n) is 6.25. The highest BCUT2D eigenvalue weighted by Crippen LogP contribution is 2.39. The van der Waals surface area contributed by atoms with Crippen molar-refractivity contribution in [3.05, 3.63) is 17.5 Å². The maximum atomic E-state index is 4.52. The van der Waals surface area contributed by atoms with Crippen LogP contribution in [0.4, 0.5) is 5.13 Å². The molecule has 0 saturated heterocycles. The molecule has 2 aromatic rings. The second kappa shape index (κ2) is 4.64. The zero-order valence-corrected chi connectivity index (χ0v) is 11.3. The Morgan fingerprint density at radius 1 is 1.44 bits per heavy atom. The molecule has 1 atom stereocenters. The van der Waals surface area contributed by atoms with Crippen LogP contribution in [0.5, 0.6) is 0 Å². The summed E-state index contributed by atoms with van der Waals surface area (Å²) in [6, 6.07) is 0.0925. The Morgan fingerprint density at radius 3 is 2.89 bits per heavy atom. The van der Waals surface area contributed by atoms with E-state index in [0.29, 0.717) is 5.92 Å². The monoisotopic (exact) mass is 264 g/mol. The molecular weight excluding hydrogens is 248 g/mol. The average Bonchev–Trinajstić information content (AvgIpc) is 2.96. The van der Waals surface area contributed by atoms with Crippen molar-refractivity contribution in [2.75, 3.05) is 5.32 Å². The number of rotatable bonds is 5. The zero-order chi connectivity index (χ0) is 12.5. The van der Waals surface area contributed by atoms with Gasteiger partial charge in [0, 0.05) is 17.5 Å². The van der Waals surface area contributed by atoms with E-state index in [4.69, 9.17) is 0 Å². The number of H-pyrrole nitrogens is 1. The maximum Gasteiger partial charge on any atom is 0.203 e. The van der Waals surface area contributed by atoms with Crippen LogP contribution in [0.2, 0.25) is 0 Å². The third-order valence-corrected chi connectivity index (χ3v) is 3.68. The first-order valence-corrected chi connectivity index (χ1v) is 7.02. The molecule has 7 heteroatoms. The number of hydrogen-bond acceptors (Lipinski definition) is 6. The van der Waals surface area contributed by atoms with Crippen LogP contribution in [0.3, 0.4) is 0 Å². The minimum absolute atomic E-state index is 0.0925.